The van der Waals surface area contributed by atoms with Gasteiger partial charge in [-0.3, -0.25) is 13.9 Å². The molecule has 11 heteroatoms. The van der Waals surface area contributed by atoms with Gasteiger partial charge in [0.1, 0.15) is 12.6 Å². The summed E-state index contributed by atoms with van der Waals surface area (Å²) in [6, 6.07) is 10.7. The molecule has 1 aliphatic rings. The summed E-state index contributed by atoms with van der Waals surface area (Å²) in [4.78, 5) is 27.7. The monoisotopic (exact) mass is 523 g/mol. The number of hydrogen-bond acceptors (Lipinski definition) is 6. The van der Waals surface area contributed by atoms with E-state index >= 15 is 0 Å². The molecule has 2 amide bonds. The summed E-state index contributed by atoms with van der Waals surface area (Å²) < 4.78 is 37.0. The second-order valence-corrected chi connectivity index (χ2v) is 11.1. The molecule has 1 atom stereocenters. The summed E-state index contributed by atoms with van der Waals surface area (Å²) in [5.74, 6) is 0.264. The average molecular weight is 524 g/mol. The lowest BCUT2D eigenvalue weighted by atomic mass is 10.1. The van der Waals surface area contributed by atoms with Gasteiger partial charge >= 0.3 is 0 Å². The van der Waals surface area contributed by atoms with Gasteiger partial charge in [0.25, 0.3) is 0 Å². The minimum absolute atomic E-state index is 0.0362. The van der Waals surface area contributed by atoms with Crippen LogP contribution < -0.4 is 19.1 Å². The predicted molar refractivity (Wildman–Crippen MR) is 134 cm³/mol. The molecule has 2 aromatic carbocycles. The van der Waals surface area contributed by atoms with E-state index in [1.54, 1.807) is 43.3 Å². The molecule has 3 rings (SSSR count). The van der Waals surface area contributed by atoms with Crippen LogP contribution in [-0.4, -0.2) is 57.3 Å². The topological polar surface area (TPSA) is 105 Å². The molecule has 1 N–H and O–H groups in total. The Morgan fingerprint density at radius 2 is 1.71 bits per heavy atom. The minimum Gasteiger partial charge on any atom is -0.454 e. The van der Waals surface area contributed by atoms with Crippen LogP contribution in [0.15, 0.2) is 42.5 Å². The normalized spacial score (nSPS) is 13.4. The number of nitrogens with one attached hydrogen (secondary N) is 1. The van der Waals surface area contributed by atoms with Gasteiger partial charge in [0.05, 0.1) is 11.9 Å². The lowest BCUT2D eigenvalue weighted by Gasteiger charge is -2.31. The summed E-state index contributed by atoms with van der Waals surface area (Å²) in [6.45, 7) is 5.66. The van der Waals surface area contributed by atoms with E-state index in [0.29, 0.717) is 23.1 Å². The fourth-order valence-electron chi connectivity index (χ4n) is 3.48. The van der Waals surface area contributed by atoms with Gasteiger partial charge in [0, 0.05) is 24.2 Å². The van der Waals surface area contributed by atoms with E-state index < -0.39 is 28.5 Å². The molecule has 1 heterocycles. The molecular formula is C24H30ClN3O6S. The number of halogens is 1. The lowest BCUT2D eigenvalue weighted by molar-refractivity contribution is -0.139. The Morgan fingerprint density at radius 1 is 1.06 bits per heavy atom. The summed E-state index contributed by atoms with van der Waals surface area (Å²) in [7, 11) is -3.84. The molecule has 0 spiro atoms. The van der Waals surface area contributed by atoms with E-state index in [1.807, 2.05) is 13.8 Å². The smallest absolute Gasteiger partial charge is 0.244 e. The Kier molecular flexibility index (Phi) is 8.50. The molecule has 2 aromatic rings. The van der Waals surface area contributed by atoms with Crippen molar-refractivity contribution in [1.82, 2.24) is 10.2 Å². The number of amides is 2. The first-order valence-corrected chi connectivity index (χ1v) is 13.4. The number of rotatable bonds is 10. The maximum atomic E-state index is 13.5. The zero-order valence-corrected chi connectivity index (χ0v) is 21.7. The van der Waals surface area contributed by atoms with Crippen LogP contribution in [0.2, 0.25) is 5.02 Å². The van der Waals surface area contributed by atoms with Crippen LogP contribution >= 0.6 is 11.6 Å². The number of benzene rings is 2. The molecule has 35 heavy (non-hydrogen) atoms. The van der Waals surface area contributed by atoms with Crippen LogP contribution in [0.4, 0.5) is 5.69 Å². The third-order valence-corrected chi connectivity index (χ3v) is 6.83. The molecule has 9 nitrogen and oxygen atoms in total. The zero-order valence-electron chi connectivity index (χ0n) is 20.2. The molecule has 0 aliphatic carbocycles. The van der Waals surface area contributed by atoms with Gasteiger partial charge in [-0.05, 0) is 42.7 Å². The molecule has 0 fully saturated rings. The van der Waals surface area contributed by atoms with Crippen molar-refractivity contribution >= 4 is 39.1 Å². The Labute approximate surface area is 211 Å². The number of hydrogen-bond donors (Lipinski definition) is 1. The Hall–Kier alpha value is -2.98. The van der Waals surface area contributed by atoms with Gasteiger partial charge in [-0.1, -0.05) is 37.6 Å². The van der Waals surface area contributed by atoms with Crippen LogP contribution in [0.25, 0.3) is 0 Å². The second-order valence-electron chi connectivity index (χ2n) is 8.77. The molecule has 190 valence electrons. The average Bonchev–Trinajstić information content (AvgIpc) is 3.27. The SMILES string of the molecule is CC(C)CNC(=O)C(C)N(Cc1ccc(Cl)cc1)C(=O)CN(c1ccc2c(c1)OCO2)S(C)(=O)=O. The molecule has 0 saturated carbocycles. The third-order valence-electron chi connectivity index (χ3n) is 5.44. The predicted octanol–water partition coefficient (Wildman–Crippen LogP) is 3.02. The number of sulfonamides is 1. The molecule has 1 aliphatic heterocycles. The molecule has 1 unspecified atom stereocenters. The summed E-state index contributed by atoms with van der Waals surface area (Å²) in [5, 5.41) is 3.38. The number of carbonyl (C=O) groups is 2. The highest BCUT2D eigenvalue weighted by Crippen LogP contribution is 2.36. The van der Waals surface area contributed by atoms with Gasteiger partial charge in [-0.25, -0.2) is 8.42 Å². The van der Waals surface area contributed by atoms with Crippen molar-refractivity contribution in [3.05, 3.63) is 53.1 Å². The Morgan fingerprint density at radius 3 is 2.34 bits per heavy atom. The fraction of sp³-hybridized carbons (Fsp3) is 0.417. The van der Waals surface area contributed by atoms with Crippen molar-refractivity contribution < 1.29 is 27.5 Å². The number of anilines is 1. The first-order valence-electron chi connectivity index (χ1n) is 11.1. The fourth-order valence-corrected chi connectivity index (χ4v) is 4.44. The third kappa shape index (κ3) is 7.02. The van der Waals surface area contributed by atoms with Gasteiger partial charge in [0.15, 0.2) is 11.5 Å². The van der Waals surface area contributed by atoms with Crippen molar-refractivity contribution in [2.75, 3.05) is 30.4 Å². The standard InChI is InChI=1S/C24H30ClN3O6S/c1-16(2)12-26-24(30)17(3)27(13-18-5-7-19(25)8-6-18)23(29)14-28(35(4,31)32)20-9-10-21-22(11-20)34-15-33-21/h5-11,16-17H,12-15H2,1-4H3,(H,26,30). The van der Waals surface area contributed by atoms with Crippen molar-refractivity contribution in [2.45, 2.75) is 33.4 Å². The molecule has 0 bridgehead atoms. The van der Waals surface area contributed by atoms with Crippen LogP contribution in [0.3, 0.4) is 0 Å². The summed E-state index contributed by atoms with van der Waals surface area (Å²) in [6.07, 6.45) is 1.02. The number of fused-ring (bicyclic) bond motifs is 1. The van der Waals surface area contributed by atoms with Crippen LogP contribution in [0.5, 0.6) is 11.5 Å². The van der Waals surface area contributed by atoms with Gasteiger partial charge < -0.3 is 19.7 Å². The van der Waals surface area contributed by atoms with Gasteiger partial charge in [0.2, 0.25) is 28.6 Å². The Bertz CT molecular complexity index is 1170. The van der Waals surface area contributed by atoms with E-state index in [9.17, 15) is 18.0 Å². The minimum atomic E-state index is -3.84. The molecule has 0 saturated heterocycles. The highest BCUT2D eigenvalue weighted by Gasteiger charge is 2.30. The second kappa shape index (κ2) is 11.2. The number of carbonyl (C=O) groups excluding carboxylic acids is 2. The summed E-state index contributed by atoms with van der Waals surface area (Å²) >= 11 is 5.98. The van der Waals surface area contributed by atoms with Crippen molar-refractivity contribution in [3.63, 3.8) is 0 Å². The highest BCUT2D eigenvalue weighted by molar-refractivity contribution is 7.92. The maximum absolute atomic E-state index is 13.5. The van der Waals surface area contributed by atoms with Crippen LogP contribution in [-0.2, 0) is 26.2 Å². The molecule has 0 radical (unpaired) electrons. The largest absolute Gasteiger partial charge is 0.454 e. The van der Waals surface area contributed by atoms with Crippen LogP contribution in [0.1, 0.15) is 26.3 Å². The van der Waals surface area contributed by atoms with E-state index in [1.165, 1.54) is 11.0 Å². The maximum Gasteiger partial charge on any atom is 0.244 e. The van der Waals surface area contributed by atoms with E-state index in [4.69, 9.17) is 21.1 Å². The van der Waals surface area contributed by atoms with E-state index in [0.717, 1.165) is 16.1 Å². The number of ether oxygens (including phenoxy) is 2. The molecular weight excluding hydrogens is 494 g/mol. The molecule has 0 aromatic heterocycles. The Balaban J connectivity index is 1.88. The quantitative estimate of drug-likeness (QED) is 0.513. The lowest BCUT2D eigenvalue weighted by Crippen LogP contribution is -2.51. The first kappa shape index (κ1) is 26.6. The first-order chi connectivity index (χ1) is 16.5. The van der Waals surface area contributed by atoms with E-state index in [2.05, 4.69) is 5.32 Å². The van der Waals surface area contributed by atoms with E-state index in [-0.39, 0.29) is 30.9 Å². The van der Waals surface area contributed by atoms with Crippen molar-refractivity contribution in [3.8, 4) is 11.5 Å². The number of nitrogens with zero attached hydrogens (tertiary/aromatic N) is 2. The zero-order chi connectivity index (χ0) is 25.8. The van der Waals surface area contributed by atoms with Gasteiger partial charge in [-0.2, -0.15) is 0 Å². The summed E-state index contributed by atoms with van der Waals surface area (Å²) in [5.41, 5.74) is 1.01. The highest BCUT2D eigenvalue weighted by atomic mass is 35.5. The van der Waals surface area contributed by atoms with Gasteiger partial charge in [-0.15, -0.1) is 0 Å². The van der Waals surface area contributed by atoms with Crippen molar-refractivity contribution in [2.24, 2.45) is 5.92 Å². The van der Waals surface area contributed by atoms with Crippen LogP contribution in [0, 0.1) is 5.92 Å². The van der Waals surface area contributed by atoms with Crippen molar-refractivity contribution in [1.29, 1.82) is 0 Å².